The third-order valence-electron chi connectivity index (χ3n) is 4.22. The fraction of sp³-hybridized carbons (Fsp3) is 0.143. The molecule has 0 aliphatic rings. The van der Waals surface area contributed by atoms with Crippen LogP contribution in [0.3, 0.4) is 0 Å². The van der Waals surface area contributed by atoms with Crippen LogP contribution in [0.25, 0.3) is 0 Å². The molecule has 1 heterocycles. The summed E-state index contributed by atoms with van der Waals surface area (Å²) in [6, 6.07) is 11.3. The van der Waals surface area contributed by atoms with Gasteiger partial charge in [-0.15, -0.1) is 0 Å². The first-order chi connectivity index (χ1) is 13.9. The molecule has 1 aromatic heterocycles. The van der Waals surface area contributed by atoms with Gasteiger partial charge in [0.05, 0.1) is 31.2 Å². The molecular formula is C21H19ClN2O5. The van der Waals surface area contributed by atoms with Gasteiger partial charge in [-0.2, -0.15) is 0 Å². The Hall–Kier alpha value is -3.45. The molecule has 0 aliphatic heterocycles. The molecular weight excluding hydrogens is 396 g/mol. The zero-order valence-corrected chi connectivity index (χ0v) is 16.8. The summed E-state index contributed by atoms with van der Waals surface area (Å²) in [4.78, 5) is 25.0. The summed E-state index contributed by atoms with van der Waals surface area (Å²) < 4.78 is 15.5. The molecule has 0 spiro atoms. The third-order valence-corrected chi connectivity index (χ3v) is 4.51. The van der Waals surface area contributed by atoms with Crippen LogP contribution in [0.1, 0.15) is 26.5 Å². The lowest BCUT2D eigenvalue weighted by Crippen LogP contribution is -2.15. The lowest BCUT2D eigenvalue weighted by Gasteiger charge is -2.14. The second-order valence-corrected chi connectivity index (χ2v) is 6.51. The van der Waals surface area contributed by atoms with Crippen molar-refractivity contribution in [3.8, 4) is 11.5 Å². The molecule has 0 saturated carbocycles. The first-order valence-corrected chi connectivity index (χ1v) is 8.99. The number of halogens is 1. The van der Waals surface area contributed by atoms with E-state index < -0.39 is 11.8 Å². The van der Waals surface area contributed by atoms with Crippen LogP contribution in [0.4, 0.5) is 11.4 Å². The molecule has 150 valence electrons. The van der Waals surface area contributed by atoms with Crippen molar-refractivity contribution < 1.29 is 23.5 Å². The number of methoxy groups -OCH3 is 2. The topological polar surface area (TPSA) is 89.8 Å². The lowest BCUT2D eigenvalue weighted by molar-refractivity contribution is 0.0993. The van der Waals surface area contributed by atoms with Crippen LogP contribution in [0, 0.1) is 6.92 Å². The van der Waals surface area contributed by atoms with Gasteiger partial charge in [0, 0.05) is 17.3 Å². The van der Waals surface area contributed by atoms with Crippen LogP contribution in [-0.4, -0.2) is 26.0 Å². The molecule has 0 radical (unpaired) electrons. The molecule has 2 aromatic carbocycles. The van der Waals surface area contributed by atoms with Crippen LogP contribution >= 0.6 is 11.6 Å². The smallest absolute Gasteiger partial charge is 0.291 e. The standard InChI is InChI=1S/C21H19ClN2O5/c1-12-6-7-13(9-15(12)23-21(26)17-5-4-8-29-17)20(25)24-16-10-14(22)18(27-2)11-19(16)28-3/h4-11H,1-3H3,(H,23,26)(H,24,25). The van der Waals surface area contributed by atoms with Crippen molar-refractivity contribution in [3.05, 3.63) is 70.6 Å². The quantitative estimate of drug-likeness (QED) is 0.606. The van der Waals surface area contributed by atoms with Gasteiger partial charge in [0.15, 0.2) is 5.76 Å². The highest BCUT2D eigenvalue weighted by molar-refractivity contribution is 6.32. The normalized spacial score (nSPS) is 10.3. The van der Waals surface area contributed by atoms with Gasteiger partial charge in [-0.3, -0.25) is 9.59 Å². The number of carbonyl (C=O) groups is 2. The Morgan fingerprint density at radius 3 is 2.31 bits per heavy atom. The number of carbonyl (C=O) groups excluding carboxylic acids is 2. The van der Waals surface area contributed by atoms with E-state index in [1.54, 1.807) is 42.5 Å². The summed E-state index contributed by atoms with van der Waals surface area (Å²) in [5, 5.41) is 5.84. The number of hydrogen-bond acceptors (Lipinski definition) is 5. The second kappa shape index (κ2) is 8.70. The fourth-order valence-electron chi connectivity index (χ4n) is 2.64. The predicted molar refractivity (Wildman–Crippen MR) is 110 cm³/mol. The van der Waals surface area contributed by atoms with Gasteiger partial charge in [-0.1, -0.05) is 17.7 Å². The highest BCUT2D eigenvalue weighted by Gasteiger charge is 2.16. The number of rotatable bonds is 6. The van der Waals surface area contributed by atoms with E-state index in [4.69, 9.17) is 25.5 Å². The maximum absolute atomic E-state index is 12.8. The Labute approximate surface area is 172 Å². The van der Waals surface area contributed by atoms with Gasteiger partial charge >= 0.3 is 0 Å². The number of anilines is 2. The van der Waals surface area contributed by atoms with Gasteiger partial charge in [0.1, 0.15) is 11.5 Å². The minimum atomic E-state index is -0.403. The van der Waals surface area contributed by atoms with Gasteiger partial charge in [0.25, 0.3) is 11.8 Å². The van der Waals surface area contributed by atoms with Gasteiger partial charge in [-0.05, 0) is 42.8 Å². The number of ether oxygens (including phenoxy) is 2. The Morgan fingerprint density at radius 1 is 0.931 bits per heavy atom. The lowest BCUT2D eigenvalue weighted by atomic mass is 10.1. The first-order valence-electron chi connectivity index (χ1n) is 8.61. The average Bonchev–Trinajstić information content (AvgIpc) is 3.25. The van der Waals surface area contributed by atoms with Crippen LogP contribution in [0.15, 0.2) is 53.1 Å². The van der Waals surface area contributed by atoms with Gasteiger partial charge < -0.3 is 24.5 Å². The zero-order valence-electron chi connectivity index (χ0n) is 16.0. The van der Waals surface area contributed by atoms with Crippen molar-refractivity contribution in [1.29, 1.82) is 0 Å². The molecule has 2 N–H and O–H groups in total. The van der Waals surface area contributed by atoms with E-state index >= 15 is 0 Å². The van der Waals surface area contributed by atoms with Gasteiger partial charge in [0.2, 0.25) is 0 Å². The third kappa shape index (κ3) is 4.52. The number of furan rings is 1. The zero-order chi connectivity index (χ0) is 21.0. The first kappa shape index (κ1) is 20.3. The van der Waals surface area contributed by atoms with Crippen LogP contribution in [0.5, 0.6) is 11.5 Å². The molecule has 0 unspecified atom stereocenters. The number of hydrogen-bond donors (Lipinski definition) is 2. The number of aryl methyl sites for hydroxylation is 1. The molecule has 0 atom stereocenters. The van der Waals surface area contributed by atoms with E-state index in [2.05, 4.69) is 10.6 Å². The SMILES string of the molecule is COc1cc(OC)c(NC(=O)c2ccc(C)c(NC(=O)c3ccco3)c2)cc1Cl. The second-order valence-electron chi connectivity index (χ2n) is 6.10. The number of amides is 2. The molecule has 0 aliphatic carbocycles. The van der Waals surface area contributed by atoms with E-state index in [0.717, 1.165) is 5.56 Å². The highest BCUT2D eigenvalue weighted by atomic mass is 35.5. The molecule has 29 heavy (non-hydrogen) atoms. The largest absolute Gasteiger partial charge is 0.495 e. The average molecular weight is 415 g/mol. The van der Waals surface area contributed by atoms with E-state index in [1.807, 2.05) is 6.92 Å². The predicted octanol–water partition coefficient (Wildman–Crippen LogP) is 4.76. The van der Waals surface area contributed by atoms with Gasteiger partial charge in [-0.25, -0.2) is 0 Å². The molecule has 2 amide bonds. The Bertz CT molecular complexity index is 1050. The molecule has 3 aromatic rings. The Morgan fingerprint density at radius 2 is 1.66 bits per heavy atom. The minimum absolute atomic E-state index is 0.178. The molecule has 7 nitrogen and oxygen atoms in total. The van der Waals surface area contributed by atoms with E-state index in [-0.39, 0.29) is 5.76 Å². The maximum Gasteiger partial charge on any atom is 0.291 e. The van der Waals surface area contributed by atoms with E-state index in [0.29, 0.717) is 33.5 Å². The van der Waals surface area contributed by atoms with E-state index in [1.165, 1.54) is 20.5 Å². The summed E-state index contributed by atoms with van der Waals surface area (Å²) in [7, 11) is 2.97. The van der Waals surface area contributed by atoms with Crippen molar-refractivity contribution in [3.63, 3.8) is 0 Å². The molecule has 0 fully saturated rings. The van der Waals surface area contributed by atoms with Crippen LogP contribution in [-0.2, 0) is 0 Å². The summed E-state index contributed by atoms with van der Waals surface area (Å²) in [5.74, 6) is 0.215. The summed E-state index contributed by atoms with van der Waals surface area (Å²) in [6.07, 6.45) is 1.42. The Balaban J connectivity index is 1.83. The summed E-state index contributed by atoms with van der Waals surface area (Å²) >= 11 is 6.15. The van der Waals surface area contributed by atoms with Crippen molar-refractivity contribution in [2.24, 2.45) is 0 Å². The highest BCUT2D eigenvalue weighted by Crippen LogP contribution is 2.36. The molecule has 8 heteroatoms. The van der Waals surface area contributed by atoms with Crippen molar-refractivity contribution in [1.82, 2.24) is 0 Å². The number of benzene rings is 2. The van der Waals surface area contributed by atoms with Crippen molar-refractivity contribution in [2.75, 3.05) is 24.9 Å². The van der Waals surface area contributed by atoms with Crippen LogP contribution < -0.4 is 20.1 Å². The molecule has 0 bridgehead atoms. The monoisotopic (exact) mass is 414 g/mol. The summed E-state index contributed by atoms with van der Waals surface area (Å²) in [5.41, 5.74) is 2.04. The Kier molecular flexibility index (Phi) is 6.09. The maximum atomic E-state index is 12.8. The molecule has 3 rings (SSSR count). The van der Waals surface area contributed by atoms with Crippen molar-refractivity contribution in [2.45, 2.75) is 6.92 Å². The number of nitrogens with one attached hydrogen (secondary N) is 2. The van der Waals surface area contributed by atoms with E-state index in [9.17, 15) is 9.59 Å². The minimum Gasteiger partial charge on any atom is -0.495 e. The summed E-state index contributed by atoms with van der Waals surface area (Å²) in [6.45, 7) is 1.83. The fourth-order valence-corrected chi connectivity index (χ4v) is 2.88. The molecule has 0 saturated heterocycles. The van der Waals surface area contributed by atoms with Crippen LogP contribution in [0.2, 0.25) is 5.02 Å². The van der Waals surface area contributed by atoms with Crippen molar-refractivity contribution >= 4 is 34.8 Å².